The molecule has 0 saturated heterocycles. The molecule has 4 nitrogen and oxygen atoms in total. The van der Waals surface area contributed by atoms with Gasteiger partial charge < -0.3 is 16.0 Å². The predicted molar refractivity (Wildman–Crippen MR) is 76.9 cm³/mol. The zero-order valence-corrected chi connectivity index (χ0v) is 11.8. The zero-order valence-electron chi connectivity index (χ0n) is 11.8. The first-order chi connectivity index (χ1) is 8.38. The van der Waals surface area contributed by atoms with Gasteiger partial charge in [0, 0.05) is 25.7 Å². The minimum Gasteiger partial charge on any atom is -0.397 e. The summed E-state index contributed by atoms with van der Waals surface area (Å²) in [6.07, 6.45) is 0. The molecule has 0 aliphatic heterocycles. The molecule has 1 amide bonds. The number of rotatable bonds is 4. The third-order valence-electron chi connectivity index (χ3n) is 3.48. The molecule has 0 radical (unpaired) electrons. The summed E-state index contributed by atoms with van der Waals surface area (Å²) in [6.45, 7) is 6.48. The first-order valence-electron chi connectivity index (χ1n) is 6.23. The average Bonchev–Trinajstić information content (AvgIpc) is 2.36. The molecule has 1 rings (SSSR count). The van der Waals surface area contributed by atoms with Crippen LogP contribution in [0.15, 0.2) is 18.2 Å². The molecule has 0 bridgehead atoms. The van der Waals surface area contributed by atoms with Crippen molar-refractivity contribution in [2.24, 2.45) is 5.92 Å². The second kappa shape index (κ2) is 5.76. The molecule has 0 aliphatic carbocycles. The van der Waals surface area contributed by atoms with E-state index in [-0.39, 0.29) is 5.91 Å². The molecule has 0 aliphatic rings. The quantitative estimate of drug-likeness (QED) is 0.803. The fourth-order valence-electron chi connectivity index (χ4n) is 1.80. The van der Waals surface area contributed by atoms with Crippen molar-refractivity contribution in [3.63, 3.8) is 0 Å². The molecule has 1 unspecified atom stereocenters. The number of nitrogens with one attached hydrogen (secondary N) is 1. The third kappa shape index (κ3) is 2.94. The number of anilines is 2. The minimum atomic E-state index is -0.0955. The van der Waals surface area contributed by atoms with Crippen molar-refractivity contribution in [1.29, 1.82) is 0 Å². The Kier molecular flexibility index (Phi) is 4.59. The Bertz CT molecular complexity index is 429. The molecule has 0 saturated carbocycles. The lowest BCUT2D eigenvalue weighted by Crippen LogP contribution is -2.34. The summed E-state index contributed by atoms with van der Waals surface area (Å²) in [7, 11) is 3.63. The van der Waals surface area contributed by atoms with Crippen LogP contribution >= 0.6 is 0 Å². The maximum atomic E-state index is 11.6. The van der Waals surface area contributed by atoms with Crippen LogP contribution in [0.5, 0.6) is 0 Å². The van der Waals surface area contributed by atoms with E-state index in [1.165, 1.54) is 0 Å². The van der Waals surface area contributed by atoms with Crippen LogP contribution in [0.4, 0.5) is 11.4 Å². The van der Waals surface area contributed by atoms with E-state index in [0.29, 0.717) is 23.2 Å². The van der Waals surface area contributed by atoms with Crippen LogP contribution in [0.3, 0.4) is 0 Å². The Morgan fingerprint density at radius 2 is 1.94 bits per heavy atom. The van der Waals surface area contributed by atoms with Gasteiger partial charge in [-0.1, -0.05) is 13.8 Å². The number of nitrogens with zero attached hydrogens (tertiary/aromatic N) is 1. The van der Waals surface area contributed by atoms with Crippen molar-refractivity contribution in [2.75, 3.05) is 24.7 Å². The number of hydrogen-bond acceptors (Lipinski definition) is 3. The highest BCUT2D eigenvalue weighted by Gasteiger charge is 2.17. The molecule has 0 heterocycles. The fourth-order valence-corrected chi connectivity index (χ4v) is 1.80. The van der Waals surface area contributed by atoms with E-state index >= 15 is 0 Å². The standard InChI is InChI=1S/C14H23N3O/c1-9(2)10(3)17(5)13-8-11(14(18)16-4)6-7-12(13)15/h6-10H,15H2,1-5H3,(H,16,18). The first-order valence-corrected chi connectivity index (χ1v) is 6.23. The lowest BCUT2D eigenvalue weighted by Gasteiger charge is -2.31. The Morgan fingerprint density at radius 1 is 1.33 bits per heavy atom. The van der Waals surface area contributed by atoms with Gasteiger partial charge in [-0.25, -0.2) is 0 Å². The maximum absolute atomic E-state index is 11.6. The normalized spacial score (nSPS) is 12.3. The molecule has 1 aromatic rings. The van der Waals surface area contributed by atoms with Gasteiger partial charge in [0.2, 0.25) is 0 Å². The van der Waals surface area contributed by atoms with Crippen molar-refractivity contribution in [3.05, 3.63) is 23.8 Å². The van der Waals surface area contributed by atoms with Crippen LogP contribution in [0.1, 0.15) is 31.1 Å². The van der Waals surface area contributed by atoms with E-state index in [0.717, 1.165) is 5.69 Å². The molecule has 3 N–H and O–H groups in total. The molecule has 100 valence electrons. The monoisotopic (exact) mass is 249 g/mol. The molecule has 0 spiro atoms. The van der Waals surface area contributed by atoms with Crippen molar-refractivity contribution in [2.45, 2.75) is 26.8 Å². The molecule has 18 heavy (non-hydrogen) atoms. The molecule has 1 atom stereocenters. The summed E-state index contributed by atoms with van der Waals surface area (Å²) in [5.41, 5.74) is 8.22. The zero-order chi connectivity index (χ0) is 13.9. The number of benzene rings is 1. The molecular formula is C14H23N3O. The van der Waals surface area contributed by atoms with E-state index < -0.39 is 0 Å². The Morgan fingerprint density at radius 3 is 2.44 bits per heavy atom. The van der Waals surface area contributed by atoms with Crippen molar-refractivity contribution in [3.8, 4) is 0 Å². The Hall–Kier alpha value is -1.71. The third-order valence-corrected chi connectivity index (χ3v) is 3.48. The fraction of sp³-hybridized carbons (Fsp3) is 0.500. The largest absolute Gasteiger partial charge is 0.397 e. The van der Waals surface area contributed by atoms with Gasteiger partial charge in [0.05, 0.1) is 11.4 Å². The van der Waals surface area contributed by atoms with Crippen molar-refractivity contribution in [1.82, 2.24) is 5.32 Å². The van der Waals surface area contributed by atoms with Crippen LogP contribution in [-0.2, 0) is 0 Å². The number of nitrogen functional groups attached to an aromatic ring is 1. The van der Waals surface area contributed by atoms with Crippen molar-refractivity contribution >= 4 is 17.3 Å². The topological polar surface area (TPSA) is 58.4 Å². The van der Waals surface area contributed by atoms with Crippen LogP contribution in [0.25, 0.3) is 0 Å². The lowest BCUT2D eigenvalue weighted by atomic mass is 10.0. The van der Waals surface area contributed by atoms with E-state index in [1.807, 2.05) is 13.1 Å². The summed E-state index contributed by atoms with van der Waals surface area (Å²) in [6, 6.07) is 5.72. The molecule has 0 aromatic heterocycles. The predicted octanol–water partition coefficient (Wildman–Crippen LogP) is 2.11. The molecular weight excluding hydrogens is 226 g/mol. The number of carbonyl (C=O) groups is 1. The summed E-state index contributed by atoms with van der Waals surface area (Å²) < 4.78 is 0. The lowest BCUT2D eigenvalue weighted by molar-refractivity contribution is 0.0963. The van der Waals surface area contributed by atoms with Gasteiger partial charge in [0.1, 0.15) is 0 Å². The number of amides is 1. The van der Waals surface area contributed by atoms with Gasteiger partial charge in [-0.2, -0.15) is 0 Å². The van der Waals surface area contributed by atoms with Gasteiger partial charge in [-0.05, 0) is 31.0 Å². The SMILES string of the molecule is CNC(=O)c1ccc(N)c(N(C)C(C)C(C)C)c1. The van der Waals surface area contributed by atoms with Crippen molar-refractivity contribution < 1.29 is 4.79 Å². The van der Waals surface area contributed by atoms with E-state index in [1.54, 1.807) is 19.2 Å². The second-order valence-corrected chi connectivity index (χ2v) is 4.95. The van der Waals surface area contributed by atoms with E-state index in [4.69, 9.17) is 5.73 Å². The van der Waals surface area contributed by atoms with Gasteiger partial charge in [0.15, 0.2) is 0 Å². The smallest absolute Gasteiger partial charge is 0.251 e. The highest BCUT2D eigenvalue weighted by Crippen LogP contribution is 2.27. The van der Waals surface area contributed by atoms with E-state index in [9.17, 15) is 4.79 Å². The molecule has 1 aromatic carbocycles. The second-order valence-electron chi connectivity index (χ2n) is 4.95. The van der Waals surface area contributed by atoms with Gasteiger partial charge in [-0.15, -0.1) is 0 Å². The number of carbonyl (C=O) groups excluding carboxylic acids is 1. The molecule has 4 heteroatoms. The Balaban J connectivity index is 3.11. The summed E-state index contributed by atoms with van der Waals surface area (Å²) in [5.74, 6) is 0.417. The number of nitrogens with two attached hydrogens (primary N) is 1. The van der Waals surface area contributed by atoms with Gasteiger partial charge in [0.25, 0.3) is 5.91 Å². The van der Waals surface area contributed by atoms with Gasteiger partial charge in [-0.3, -0.25) is 4.79 Å². The summed E-state index contributed by atoms with van der Waals surface area (Å²) >= 11 is 0. The van der Waals surface area contributed by atoms with Crippen LogP contribution in [0.2, 0.25) is 0 Å². The maximum Gasteiger partial charge on any atom is 0.251 e. The van der Waals surface area contributed by atoms with Crippen LogP contribution in [-0.4, -0.2) is 26.0 Å². The van der Waals surface area contributed by atoms with Crippen LogP contribution in [0, 0.1) is 5.92 Å². The highest BCUT2D eigenvalue weighted by molar-refractivity contribution is 5.96. The van der Waals surface area contributed by atoms with Crippen LogP contribution < -0.4 is 16.0 Å². The average molecular weight is 249 g/mol. The number of hydrogen-bond donors (Lipinski definition) is 2. The summed E-state index contributed by atoms with van der Waals surface area (Å²) in [4.78, 5) is 13.8. The Labute approximate surface area is 109 Å². The van der Waals surface area contributed by atoms with E-state index in [2.05, 4.69) is 31.0 Å². The minimum absolute atomic E-state index is 0.0955. The van der Waals surface area contributed by atoms with Gasteiger partial charge >= 0.3 is 0 Å². The highest BCUT2D eigenvalue weighted by atomic mass is 16.1. The first kappa shape index (κ1) is 14.4. The molecule has 0 fully saturated rings. The summed E-state index contributed by atoms with van der Waals surface area (Å²) in [5, 5.41) is 2.62.